The van der Waals surface area contributed by atoms with Gasteiger partial charge in [-0.25, -0.2) is 9.18 Å². The molecular weight excluding hydrogens is 529 g/mol. The quantitative estimate of drug-likeness (QED) is 0.264. The van der Waals surface area contributed by atoms with Crippen molar-refractivity contribution >= 4 is 23.5 Å². The van der Waals surface area contributed by atoms with Gasteiger partial charge < -0.3 is 20.5 Å². The largest absolute Gasteiger partial charge is 0.484 e. The second kappa shape index (κ2) is 13.3. The van der Waals surface area contributed by atoms with Crippen LogP contribution in [0.25, 0.3) is 5.69 Å². The van der Waals surface area contributed by atoms with E-state index < -0.39 is 35.1 Å². The van der Waals surface area contributed by atoms with Crippen molar-refractivity contribution in [3.05, 3.63) is 88.0 Å². The monoisotopic (exact) mass is 563 g/mol. The van der Waals surface area contributed by atoms with Crippen LogP contribution < -0.4 is 21.3 Å². The van der Waals surface area contributed by atoms with Gasteiger partial charge in [0.2, 0.25) is 0 Å². The minimum absolute atomic E-state index is 0.0689. The van der Waals surface area contributed by atoms with Crippen LogP contribution in [0.5, 0.6) is 5.75 Å². The summed E-state index contributed by atoms with van der Waals surface area (Å²) in [6.45, 7) is 3.60. The maximum absolute atomic E-state index is 13.3. The number of carbonyl (C=O) groups is 3. The molecule has 4 rings (SSSR count). The Morgan fingerprint density at radius 3 is 2.29 bits per heavy atom. The fourth-order valence-corrected chi connectivity index (χ4v) is 4.78. The summed E-state index contributed by atoms with van der Waals surface area (Å²) in [4.78, 5) is 50.9. The smallest absolute Gasteiger partial charge is 0.328 e. The fourth-order valence-electron chi connectivity index (χ4n) is 4.78. The van der Waals surface area contributed by atoms with Crippen molar-refractivity contribution in [2.24, 2.45) is 5.92 Å². The highest BCUT2D eigenvalue weighted by molar-refractivity contribution is 6.11. The Labute approximate surface area is 237 Å². The molecule has 2 aromatic carbocycles. The molecule has 1 aliphatic rings. The molecule has 0 saturated heterocycles. The number of hydrogen-bond donors (Lipinski definition) is 2. The number of ether oxygens (including phenoxy) is 2. The standard InChI is InChI=1S/C31H34FN3O6/c1-19(2)17-26(31(39)41-24-5-3-4-6-24)34-27(36)18-40-23-13-11-22(12-14-23)35-28(37)16-15-25(30(35)33)29(38)20-7-9-21(32)10-8-20/h7-16,19,24,26H,3-6,17-18,33H2,1-2H3,(H,34,36). The van der Waals surface area contributed by atoms with E-state index in [2.05, 4.69) is 5.32 Å². The van der Waals surface area contributed by atoms with Crippen molar-refractivity contribution in [2.75, 3.05) is 12.3 Å². The summed E-state index contributed by atoms with van der Waals surface area (Å²) in [5, 5.41) is 2.72. The first kappa shape index (κ1) is 29.5. The number of benzene rings is 2. The maximum atomic E-state index is 13.3. The number of nitrogen functional groups attached to an aromatic ring is 1. The normalized spacial score (nSPS) is 14.0. The Morgan fingerprint density at radius 2 is 1.66 bits per heavy atom. The number of anilines is 1. The lowest BCUT2D eigenvalue weighted by molar-refractivity contribution is -0.153. The molecular formula is C31H34FN3O6. The van der Waals surface area contributed by atoms with Crippen molar-refractivity contribution < 1.29 is 28.2 Å². The second-order valence-corrected chi connectivity index (χ2v) is 10.5. The number of nitrogens with one attached hydrogen (secondary N) is 1. The molecule has 3 N–H and O–H groups in total. The molecule has 216 valence electrons. The minimum Gasteiger partial charge on any atom is -0.484 e. The highest BCUT2D eigenvalue weighted by atomic mass is 19.1. The van der Waals surface area contributed by atoms with Crippen LogP contribution in [0, 0.1) is 11.7 Å². The Bertz CT molecular complexity index is 1440. The molecule has 1 aromatic heterocycles. The molecule has 0 aliphatic heterocycles. The van der Waals surface area contributed by atoms with Crippen LogP contribution in [0.4, 0.5) is 10.2 Å². The molecule has 9 nitrogen and oxygen atoms in total. The molecule has 0 radical (unpaired) electrons. The van der Waals surface area contributed by atoms with E-state index in [1.165, 1.54) is 41.0 Å². The Balaban J connectivity index is 1.41. The average molecular weight is 564 g/mol. The van der Waals surface area contributed by atoms with Gasteiger partial charge in [-0.3, -0.25) is 19.0 Å². The molecule has 1 aliphatic carbocycles. The van der Waals surface area contributed by atoms with Crippen molar-refractivity contribution in [3.8, 4) is 11.4 Å². The van der Waals surface area contributed by atoms with Gasteiger partial charge in [-0.05, 0) is 92.6 Å². The van der Waals surface area contributed by atoms with Crippen molar-refractivity contribution in [1.29, 1.82) is 0 Å². The Kier molecular flexibility index (Phi) is 9.54. The number of pyridine rings is 1. The van der Waals surface area contributed by atoms with Crippen molar-refractivity contribution in [2.45, 2.75) is 58.1 Å². The van der Waals surface area contributed by atoms with E-state index in [1.54, 1.807) is 24.3 Å². The van der Waals surface area contributed by atoms with Crippen LogP contribution in [0.1, 0.15) is 61.9 Å². The van der Waals surface area contributed by atoms with Gasteiger partial charge in [0, 0.05) is 11.6 Å². The first-order valence-electron chi connectivity index (χ1n) is 13.7. The van der Waals surface area contributed by atoms with Gasteiger partial charge in [-0.2, -0.15) is 0 Å². The van der Waals surface area contributed by atoms with Crippen molar-refractivity contribution in [3.63, 3.8) is 0 Å². The zero-order valence-electron chi connectivity index (χ0n) is 23.1. The van der Waals surface area contributed by atoms with E-state index in [1.807, 2.05) is 13.8 Å². The average Bonchev–Trinajstić information content (AvgIpc) is 3.45. The maximum Gasteiger partial charge on any atom is 0.328 e. The van der Waals surface area contributed by atoms with Gasteiger partial charge in [0.15, 0.2) is 12.4 Å². The summed E-state index contributed by atoms with van der Waals surface area (Å²) in [7, 11) is 0. The molecule has 1 fully saturated rings. The van der Waals surface area contributed by atoms with Crippen molar-refractivity contribution in [1.82, 2.24) is 9.88 Å². The number of halogens is 1. The van der Waals surface area contributed by atoms with E-state index in [4.69, 9.17) is 15.2 Å². The fraction of sp³-hybridized carbons (Fsp3) is 0.355. The summed E-state index contributed by atoms with van der Waals surface area (Å²) in [5.41, 5.74) is 6.47. The number of nitrogens with zero attached hydrogens (tertiary/aromatic N) is 1. The van der Waals surface area contributed by atoms with Crippen LogP contribution in [0.2, 0.25) is 0 Å². The van der Waals surface area contributed by atoms with E-state index in [0.29, 0.717) is 17.9 Å². The first-order chi connectivity index (χ1) is 19.6. The van der Waals surface area contributed by atoms with Gasteiger partial charge in [-0.15, -0.1) is 0 Å². The minimum atomic E-state index is -0.756. The Morgan fingerprint density at radius 1 is 1.00 bits per heavy atom. The predicted octanol–water partition coefficient (Wildman–Crippen LogP) is 4.19. The summed E-state index contributed by atoms with van der Waals surface area (Å²) < 4.78 is 25.6. The van der Waals surface area contributed by atoms with Gasteiger partial charge in [0.1, 0.15) is 29.5 Å². The van der Waals surface area contributed by atoms with Crippen LogP contribution in [0.15, 0.2) is 65.5 Å². The van der Waals surface area contributed by atoms with Crippen LogP contribution in [0.3, 0.4) is 0 Å². The molecule has 0 bridgehead atoms. The summed E-state index contributed by atoms with van der Waals surface area (Å²) in [5.74, 6) is -1.36. The molecule has 3 aromatic rings. The molecule has 0 spiro atoms. The second-order valence-electron chi connectivity index (χ2n) is 10.5. The van der Waals surface area contributed by atoms with Gasteiger partial charge in [0.25, 0.3) is 11.5 Å². The topological polar surface area (TPSA) is 130 Å². The number of amides is 1. The zero-order valence-corrected chi connectivity index (χ0v) is 23.1. The predicted molar refractivity (Wildman–Crippen MR) is 152 cm³/mol. The molecule has 1 amide bonds. The van der Waals surface area contributed by atoms with Crippen LogP contribution in [-0.4, -0.2) is 41.0 Å². The molecule has 41 heavy (non-hydrogen) atoms. The number of carbonyl (C=O) groups excluding carboxylic acids is 3. The molecule has 1 unspecified atom stereocenters. The Hall–Kier alpha value is -4.47. The molecule has 1 heterocycles. The van der Waals surface area contributed by atoms with E-state index in [9.17, 15) is 23.6 Å². The summed E-state index contributed by atoms with van der Waals surface area (Å²) in [6, 6.07) is 13.1. The van der Waals surface area contributed by atoms with Crippen LogP contribution >= 0.6 is 0 Å². The summed E-state index contributed by atoms with van der Waals surface area (Å²) >= 11 is 0. The molecule has 1 saturated carbocycles. The number of esters is 1. The third-order valence-corrected chi connectivity index (χ3v) is 6.86. The van der Waals surface area contributed by atoms with Gasteiger partial charge in [-0.1, -0.05) is 13.8 Å². The highest BCUT2D eigenvalue weighted by Crippen LogP contribution is 2.23. The number of nitrogens with two attached hydrogens (primary N) is 1. The van der Waals surface area contributed by atoms with E-state index in [-0.39, 0.29) is 35.6 Å². The van der Waals surface area contributed by atoms with E-state index >= 15 is 0 Å². The number of ketones is 1. The third-order valence-electron chi connectivity index (χ3n) is 6.86. The lowest BCUT2D eigenvalue weighted by Crippen LogP contribution is -2.45. The summed E-state index contributed by atoms with van der Waals surface area (Å²) in [6.07, 6.45) is 4.12. The van der Waals surface area contributed by atoms with Crippen LogP contribution in [-0.2, 0) is 14.3 Å². The lowest BCUT2D eigenvalue weighted by Gasteiger charge is -2.21. The number of rotatable bonds is 11. The molecule has 1 atom stereocenters. The lowest BCUT2D eigenvalue weighted by atomic mass is 10.0. The van der Waals surface area contributed by atoms with E-state index in [0.717, 1.165) is 25.7 Å². The van der Waals surface area contributed by atoms with Gasteiger partial charge >= 0.3 is 5.97 Å². The number of hydrogen-bond acceptors (Lipinski definition) is 7. The first-order valence-corrected chi connectivity index (χ1v) is 13.7. The number of aromatic nitrogens is 1. The third kappa shape index (κ3) is 7.59. The highest BCUT2D eigenvalue weighted by Gasteiger charge is 2.27. The van der Waals surface area contributed by atoms with Gasteiger partial charge in [0.05, 0.1) is 11.3 Å². The SMILES string of the molecule is CC(C)CC(NC(=O)COc1ccc(-n2c(N)c(C(=O)c3ccc(F)cc3)ccc2=O)cc1)C(=O)OC1CCCC1. The zero-order chi connectivity index (χ0) is 29.5. The molecule has 10 heteroatoms.